The minimum absolute atomic E-state index is 0.215. The predicted octanol–water partition coefficient (Wildman–Crippen LogP) is 3.24. The van der Waals surface area contributed by atoms with Crippen LogP contribution in [0.25, 0.3) is 0 Å². The molecule has 1 saturated carbocycles. The van der Waals surface area contributed by atoms with Gasteiger partial charge in [-0.2, -0.15) is 13.1 Å². The lowest BCUT2D eigenvalue weighted by molar-refractivity contribution is 0.0699. The molecule has 5 rings (SSSR count). The van der Waals surface area contributed by atoms with E-state index in [9.17, 15) is 18.3 Å². The molecule has 1 radical (unpaired) electrons. The summed E-state index contributed by atoms with van der Waals surface area (Å²) >= 11 is 13.8. The van der Waals surface area contributed by atoms with Crippen LogP contribution in [0.4, 0.5) is 5.82 Å². The molecule has 0 unspecified atom stereocenters. The largest absolute Gasteiger partial charge is 0.393 e. The number of rotatable bonds is 8. The third-order valence-electron chi connectivity index (χ3n) is 6.45. The molecule has 1 fully saturated rings. The molecular formula is C23H22Cl2N5O6S2. The number of carbonyl (C=O) groups excluding carboxylic acids is 1. The molecule has 38 heavy (non-hydrogen) atoms. The Balaban J connectivity index is 1.35. The smallest absolute Gasteiger partial charge is 0.333 e. The first-order chi connectivity index (χ1) is 18.1. The topological polar surface area (TPSA) is 164 Å². The summed E-state index contributed by atoms with van der Waals surface area (Å²) in [4.78, 5) is 26.3. The van der Waals surface area contributed by atoms with Crippen molar-refractivity contribution in [3.63, 3.8) is 0 Å². The SMILES string of the molecule is O=C(c1cc([C@@H]2OCCc3cnc(Cl)cc32)c(Cl)s1)c1cncnc1N[C@H]1C[C@H](O)[C@@H]([CH]NS(=O)(=O)O)C1. The fourth-order valence-corrected chi connectivity index (χ4v) is 6.47. The highest BCUT2D eigenvalue weighted by atomic mass is 35.5. The molecule has 3 aromatic rings. The molecule has 11 nitrogen and oxygen atoms in total. The van der Waals surface area contributed by atoms with E-state index in [0.29, 0.717) is 39.4 Å². The summed E-state index contributed by atoms with van der Waals surface area (Å²) in [5.74, 6) is -0.616. The number of nitrogens with one attached hydrogen (secondary N) is 2. The monoisotopic (exact) mass is 598 g/mol. The van der Waals surface area contributed by atoms with E-state index in [1.54, 1.807) is 18.3 Å². The Hall–Kier alpha value is -2.23. The lowest BCUT2D eigenvalue weighted by Crippen LogP contribution is -2.27. The Bertz CT molecular complexity index is 1470. The zero-order chi connectivity index (χ0) is 27.0. The third kappa shape index (κ3) is 6.00. The first kappa shape index (κ1) is 27.3. The Kier molecular flexibility index (Phi) is 7.99. The van der Waals surface area contributed by atoms with Crippen molar-refractivity contribution in [1.82, 2.24) is 19.7 Å². The van der Waals surface area contributed by atoms with Crippen LogP contribution in [0.5, 0.6) is 0 Å². The van der Waals surface area contributed by atoms with Crippen molar-refractivity contribution in [1.29, 1.82) is 0 Å². The number of aromatic nitrogens is 3. The van der Waals surface area contributed by atoms with E-state index >= 15 is 0 Å². The minimum Gasteiger partial charge on any atom is -0.393 e. The van der Waals surface area contributed by atoms with Crippen LogP contribution in [0, 0.1) is 12.5 Å². The van der Waals surface area contributed by atoms with Crippen LogP contribution in [-0.2, 0) is 21.5 Å². The van der Waals surface area contributed by atoms with E-state index in [1.807, 2.05) is 4.72 Å². The Morgan fingerprint density at radius 2 is 2.00 bits per heavy atom. The number of anilines is 1. The van der Waals surface area contributed by atoms with Crippen molar-refractivity contribution in [2.45, 2.75) is 37.5 Å². The van der Waals surface area contributed by atoms with Gasteiger partial charge in [0, 0.05) is 36.5 Å². The van der Waals surface area contributed by atoms with Gasteiger partial charge in [0.1, 0.15) is 23.4 Å². The summed E-state index contributed by atoms with van der Waals surface area (Å²) in [7, 11) is -4.42. The summed E-state index contributed by atoms with van der Waals surface area (Å²) in [5, 5.41) is 13.8. The molecule has 4 atom stereocenters. The number of aliphatic hydroxyl groups excluding tert-OH is 1. The number of pyridine rings is 1. The summed E-state index contributed by atoms with van der Waals surface area (Å²) < 4.78 is 39.1. The molecule has 3 aromatic heterocycles. The highest BCUT2D eigenvalue weighted by molar-refractivity contribution is 7.83. The first-order valence-corrected chi connectivity index (χ1v) is 14.5. The van der Waals surface area contributed by atoms with Gasteiger partial charge in [0.25, 0.3) is 0 Å². The fraction of sp³-hybridized carbons (Fsp3) is 0.348. The van der Waals surface area contributed by atoms with E-state index in [2.05, 4.69) is 20.3 Å². The number of hydrogen-bond acceptors (Lipinski definition) is 10. The highest BCUT2D eigenvalue weighted by Crippen LogP contribution is 2.41. The second kappa shape index (κ2) is 11.1. The van der Waals surface area contributed by atoms with Crippen LogP contribution >= 0.6 is 34.5 Å². The maximum Gasteiger partial charge on any atom is 0.333 e. The number of halogens is 2. The van der Waals surface area contributed by atoms with Gasteiger partial charge in [-0.05, 0) is 42.5 Å². The average molecular weight is 599 g/mol. The number of ketones is 1. The lowest BCUT2D eigenvalue weighted by atomic mass is 9.96. The summed E-state index contributed by atoms with van der Waals surface area (Å²) in [6, 6.07) is 3.13. The number of fused-ring (bicyclic) bond motifs is 1. The van der Waals surface area contributed by atoms with Gasteiger partial charge < -0.3 is 15.2 Å². The molecule has 1 aliphatic carbocycles. The van der Waals surface area contributed by atoms with E-state index in [-0.39, 0.29) is 29.6 Å². The van der Waals surface area contributed by atoms with Crippen molar-refractivity contribution in [2.75, 3.05) is 11.9 Å². The van der Waals surface area contributed by atoms with E-state index < -0.39 is 28.4 Å². The molecule has 0 spiro atoms. The molecule has 0 saturated heterocycles. The molecule has 4 N–H and O–H groups in total. The first-order valence-electron chi connectivity index (χ1n) is 11.5. The molecule has 1 aliphatic heterocycles. The van der Waals surface area contributed by atoms with E-state index in [0.717, 1.165) is 29.0 Å². The summed E-state index contributed by atoms with van der Waals surface area (Å²) in [5.41, 5.74) is 2.73. The minimum atomic E-state index is -4.42. The van der Waals surface area contributed by atoms with Crippen molar-refractivity contribution >= 4 is 56.4 Å². The number of hydrogen-bond donors (Lipinski definition) is 4. The molecule has 15 heteroatoms. The van der Waals surface area contributed by atoms with Gasteiger partial charge in [-0.1, -0.05) is 23.2 Å². The van der Waals surface area contributed by atoms with Gasteiger partial charge >= 0.3 is 10.3 Å². The molecule has 0 aromatic carbocycles. The molecule has 201 valence electrons. The Morgan fingerprint density at radius 3 is 2.79 bits per heavy atom. The highest BCUT2D eigenvalue weighted by Gasteiger charge is 2.35. The molecule has 0 bridgehead atoms. The third-order valence-corrected chi connectivity index (χ3v) is 8.48. The second-order valence-corrected chi connectivity index (χ2v) is 12.2. The Labute approximate surface area is 232 Å². The van der Waals surface area contributed by atoms with Crippen LogP contribution < -0.4 is 10.0 Å². The zero-order valence-corrected chi connectivity index (χ0v) is 22.7. The normalized spacial score (nSPS) is 23.3. The zero-order valence-electron chi connectivity index (χ0n) is 19.5. The van der Waals surface area contributed by atoms with Crippen LogP contribution in [0.2, 0.25) is 9.49 Å². The van der Waals surface area contributed by atoms with E-state index in [4.69, 9.17) is 32.5 Å². The number of nitrogens with zero attached hydrogens (tertiary/aromatic N) is 3. The lowest BCUT2D eigenvalue weighted by Gasteiger charge is -2.25. The molecule has 4 heterocycles. The maximum absolute atomic E-state index is 13.5. The fourth-order valence-electron chi connectivity index (χ4n) is 4.69. The van der Waals surface area contributed by atoms with Gasteiger partial charge in [0.15, 0.2) is 0 Å². The number of ether oxygens (including phenoxy) is 1. The summed E-state index contributed by atoms with van der Waals surface area (Å²) in [6.45, 7) is 1.61. The van der Waals surface area contributed by atoms with Crippen molar-refractivity contribution in [3.8, 4) is 0 Å². The van der Waals surface area contributed by atoms with Gasteiger partial charge in [-0.3, -0.25) is 9.35 Å². The quantitative estimate of drug-likeness (QED) is 0.172. The van der Waals surface area contributed by atoms with Crippen molar-refractivity contribution in [3.05, 3.63) is 74.0 Å². The van der Waals surface area contributed by atoms with Crippen LogP contribution in [0.3, 0.4) is 0 Å². The Morgan fingerprint density at radius 1 is 1.18 bits per heavy atom. The predicted molar refractivity (Wildman–Crippen MR) is 141 cm³/mol. The van der Waals surface area contributed by atoms with Gasteiger partial charge in [-0.25, -0.2) is 15.0 Å². The van der Waals surface area contributed by atoms with Gasteiger partial charge in [-0.15, -0.1) is 11.3 Å². The van der Waals surface area contributed by atoms with Crippen LogP contribution in [0.15, 0.2) is 30.9 Å². The molecular weight excluding hydrogens is 577 g/mol. The van der Waals surface area contributed by atoms with Gasteiger partial charge in [0.2, 0.25) is 5.78 Å². The van der Waals surface area contributed by atoms with Crippen LogP contribution in [0.1, 0.15) is 50.9 Å². The van der Waals surface area contributed by atoms with Gasteiger partial charge in [0.05, 0.1) is 27.5 Å². The second-order valence-electron chi connectivity index (χ2n) is 8.96. The number of aliphatic hydroxyl groups is 1. The number of thiophene rings is 1. The standard InChI is InChI=1S/C23H22Cl2N5O6S2/c24-19-6-14-11(7-27-19)1-2-36-21(14)15-5-18(37-22(15)25)20(32)16-9-26-10-28-23(16)30-13-3-12(17(31)4-13)8-29-38(33,34)35/h5-10,12-13,17,21,29,31H,1-4H2,(H,26,28,30)(H,33,34,35)/t12-,13-,17+,21-/m1/s1. The molecule has 0 amide bonds. The maximum atomic E-state index is 13.5. The summed E-state index contributed by atoms with van der Waals surface area (Å²) in [6.07, 6.45) is 4.38. The van der Waals surface area contributed by atoms with Crippen LogP contribution in [-0.4, -0.2) is 57.6 Å². The number of carbonyl (C=O) groups is 1. The van der Waals surface area contributed by atoms with Crippen molar-refractivity contribution < 1.29 is 27.6 Å². The van der Waals surface area contributed by atoms with E-state index in [1.165, 1.54) is 12.5 Å². The van der Waals surface area contributed by atoms with Crippen molar-refractivity contribution in [2.24, 2.45) is 5.92 Å². The molecule has 2 aliphatic rings. The average Bonchev–Trinajstić information content (AvgIpc) is 3.43.